The van der Waals surface area contributed by atoms with Crippen molar-refractivity contribution < 1.29 is 17.9 Å². The first-order valence-electron chi connectivity index (χ1n) is 5.90. The molecule has 1 aromatic rings. The molecule has 0 bridgehead atoms. The van der Waals surface area contributed by atoms with Crippen LogP contribution in [0.5, 0.6) is 5.75 Å². The van der Waals surface area contributed by atoms with Gasteiger partial charge in [-0.2, -0.15) is 13.2 Å². The minimum Gasteiger partial charge on any atom is -0.493 e. The molecule has 1 N–H and O–H groups in total. The van der Waals surface area contributed by atoms with Gasteiger partial charge in [-0.3, -0.25) is 4.98 Å². The quantitative estimate of drug-likeness (QED) is 0.853. The zero-order valence-electron chi connectivity index (χ0n) is 9.83. The van der Waals surface area contributed by atoms with Gasteiger partial charge >= 0.3 is 6.18 Å². The lowest BCUT2D eigenvalue weighted by Gasteiger charge is -2.12. The summed E-state index contributed by atoms with van der Waals surface area (Å²) < 4.78 is 41.2. The van der Waals surface area contributed by atoms with Gasteiger partial charge in [0.15, 0.2) is 0 Å². The van der Waals surface area contributed by atoms with E-state index in [1.54, 1.807) is 12.3 Å². The van der Waals surface area contributed by atoms with Crippen molar-refractivity contribution in [1.29, 1.82) is 0 Å². The molecule has 1 heterocycles. The van der Waals surface area contributed by atoms with E-state index in [4.69, 9.17) is 4.74 Å². The van der Waals surface area contributed by atoms with Crippen molar-refractivity contribution in [3.63, 3.8) is 0 Å². The molecule has 0 radical (unpaired) electrons. The van der Waals surface area contributed by atoms with Crippen molar-refractivity contribution in [2.75, 3.05) is 6.61 Å². The highest BCUT2D eigenvalue weighted by atomic mass is 19.4. The van der Waals surface area contributed by atoms with E-state index < -0.39 is 12.6 Å². The second kappa shape index (κ2) is 5.56. The van der Waals surface area contributed by atoms with Crippen molar-refractivity contribution in [3.05, 3.63) is 24.0 Å². The highest BCUT2D eigenvalue weighted by molar-refractivity contribution is 5.30. The summed E-state index contributed by atoms with van der Waals surface area (Å²) in [6, 6.07) is 2.13. The van der Waals surface area contributed by atoms with Gasteiger partial charge in [-0.1, -0.05) is 0 Å². The predicted octanol–water partition coefficient (Wildman–Crippen LogP) is 2.66. The monoisotopic (exact) mass is 260 g/mol. The third kappa shape index (κ3) is 4.52. The number of aromatic nitrogens is 1. The van der Waals surface area contributed by atoms with Crippen molar-refractivity contribution in [3.8, 4) is 5.75 Å². The zero-order valence-corrected chi connectivity index (χ0v) is 9.83. The molecule has 3 nitrogen and oxygen atoms in total. The van der Waals surface area contributed by atoms with Gasteiger partial charge in [-0.05, 0) is 18.9 Å². The molecule has 0 aromatic carbocycles. The fourth-order valence-corrected chi connectivity index (χ4v) is 1.51. The number of nitrogens with zero attached hydrogens (tertiary/aromatic N) is 1. The van der Waals surface area contributed by atoms with Crippen LogP contribution in [0, 0.1) is 0 Å². The van der Waals surface area contributed by atoms with Gasteiger partial charge in [-0.15, -0.1) is 0 Å². The van der Waals surface area contributed by atoms with Crippen LogP contribution in [-0.2, 0) is 6.54 Å². The molecular formula is C12H15F3N2O. The minimum absolute atomic E-state index is 0.357. The summed E-state index contributed by atoms with van der Waals surface area (Å²) in [4.78, 5) is 3.96. The number of nitrogens with one attached hydrogen (secondary N) is 1. The van der Waals surface area contributed by atoms with Crippen molar-refractivity contribution in [1.82, 2.24) is 10.3 Å². The largest absolute Gasteiger partial charge is 0.493 e. The molecule has 0 unspecified atom stereocenters. The number of hydrogen-bond acceptors (Lipinski definition) is 3. The van der Waals surface area contributed by atoms with Gasteiger partial charge in [0, 0.05) is 30.5 Å². The highest BCUT2D eigenvalue weighted by Gasteiger charge is 2.27. The topological polar surface area (TPSA) is 34.1 Å². The Morgan fingerprint density at radius 2 is 2.17 bits per heavy atom. The molecule has 100 valence electrons. The van der Waals surface area contributed by atoms with Crippen LogP contribution in [0.1, 0.15) is 24.8 Å². The standard InChI is InChI=1S/C12H15F3N2O/c13-12(14,15)4-6-18-11-3-5-16-7-9(11)8-17-10-1-2-10/h3,5,7,10,17H,1-2,4,6,8H2. The number of halogens is 3. The van der Waals surface area contributed by atoms with Crippen LogP contribution in [0.15, 0.2) is 18.5 Å². The molecule has 0 amide bonds. The summed E-state index contributed by atoms with van der Waals surface area (Å²) in [6.45, 7) is 0.226. The minimum atomic E-state index is -4.18. The van der Waals surface area contributed by atoms with E-state index in [0.717, 1.165) is 18.4 Å². The fourth-order valence-electron chi connectivity index (χ4n) is 1.51. The third-order valence-corrected chi connectivity index (χ3v) is 2.66. The maximum atomic E-state index is 12.0. The van der Waals surface area contributed by atoms with Gasteiger partial charge in [0.2, 0.25) is 0 Å². The Morgan fingerprint density at radius 3 is 2.83 bits per heavy atom. The summed E-state index contributed by atoms with van der Waals surface area (Å²) in [7, 11) is 0. The molecule has 1 aromatic heterocycles. The van der Waals surface area contributed by atoms with E-state index >= 15 is 0 Å². The first-order valence-corrected chi connectivity index (χ1v) is 5.90. The van der Waals surface area contributed by atoms with Gasteiger partial charge in [0.1, 0.15) is 5.75 Å². The van der Waals surface area contributed by atoms with Crippen LogP contribution in [0.2, 0.25) is 0 Å². The molecule has 2 rings (SSSR count). The zero-order chi connectivity index (χ0) is 13.0. The van der Waals surface area contributed by atoms with E-state index in [9.17, 15) is 13.2 Å². The Balaban J connectivity index is 1.85. The lowest BCUT2D eigenvalue weighted by atomic mass is 10.2. The van der Waals surface area contributed by atoms with Crippen LogP contribution in [0.25, 0.3) is 0 Å². The number of alkyl halides is 3. The molecule has 18 heavy (non-hydrogen) atoms. The molecule has 6 heteroatoms. The summed E-state index contributed by atoms with van der Waals surface area (Å²) in [5.41, 5.74) is 0.798. The third-order valence-electron chi connectivity index (χ3n) is 2.66. The Bertz CT molecular complexity index is 391. The Kier molecular flexibility index (Phi) is 4.06. The molecule has 0 saturated heterocycles. The van der Waals surface area contributed by atoms with Crippen LogP contribution >= 0.6 is 0 Å². The van der Waals surface area contributed by atoms with E-state index in [1.807, 2.05) is 0 Å². The van der Waals surface area contributed by atoms with Crippen LogP contribution in [-0.4, -0.2) is 23.8 Å². The Labute approximate surface area is 103 Å². The van der Waals surface area contributed by atoms with E-state index in [2.05, 4.69) is 10.3 Å². The predicted molar refractivity (Wildman–Crippen MR) is 60.3 cm³/mol. The summed E-state index contributed by atoms with van der Waals surface area (Å²) in [6.07, 6.45) is 0.334. The second-order valence-corrected chi connectivity index (χ2v) is 4.35. The van der Waals surface area contributed by atoms with E-state index in [1.165, 1.54) is 6.20 Å². The first kappa shape index (κ1) is 13.1. The highest BCUT2D eigenvalue weighted by Crippen LogP contribution is 2.23. The number of hydrogen-bond donors (Lipinski definition) is 1. The smallest absolute Gasteiger partial charge is 0.392 e. The molecule has 0 aliphatic heterocycles. The van der Waals surface area contributed by atoms with Gasteiger partial charge < -0.3 is 10.1 Å². The summed E-state index contributed by atoms with van der Waals surface area (Å²) >= 11 is 0. The molecular weight excluding hydrogens is 245 g/mol. The average molecular weight is 260 g/mol. The van der Waals surface area contributed by atoms with Gasteiger partial charge in [0.05, 0.1) is 13.0 Å². The van der Waals surface area contributed by atoms with Crippen molar-refractivity contribution in [2.24, 2.45) is 0 Å². The number of ether oxygens (including phenoxy) is 1. The van der Waals surface area contributed by atoms with Crippen LogP contribution in [0.3, 0.4) is 0 Å². The second-order valence-electron chi connectivity index (χ2n) is 4.35. The van der Waals surface area contributed by atoms with Crippen LogP contribution in [0.4, 0.5) is 13.2 Å². The van der Waals surface area contributed by atoms with E-state index in [0.29, 0.717) is 18.3 Å². The summed E-state index contributed by atoms with van der Waals surface area (Å²) in [5.74, 6) is 0.474. The van der Waals surface area contributed by atoms with Gasteiger partial charge in [0.25, 0.3) is 0 Å². The fraction of sp³-hybridized carbons (Fsp3) is 0.583. The average Bonchev–Trinajstić information content (AvgIpc) is 3.10. The Morgan fingerprint density at radius 1 is 1.39 bits per heavy atom. The first-order chi connectivity index (χ1) is 8.54. The molecule has 1 aliphatic rings. The van der Waals surface area contributed by atoms with Crippen molar-refractivity contribution >= 4 is 0 Å². The maximum absolute atomic E-state index is 12.0. The summed E-state index contributed by atoms with van der Waals surface area (Å²) in [5, 5.41) is 3.28. The molecule has 0 atom stereocenters. The molecule has 1 aliphatic carbocycles. The molecule has 0 spiro atoms. The number of pyridine rings is 1. The van der Waals surface area contributed by atoms with Crippen LogP contribution < -0.4 is 10.1 Å². The molecule has 1 fully saturated rings. The lowest BCUT2D eigenvalue weighted by molar-refractivity contribution is -0.139. The molecule has 1 saturated carbocycles. The Hall–Kier alpha value is -1.30. The van der Waals surface area contributed by atoms with E-state index in [-0.39, 0.29) is 6.61 Å². The number of rotatable bonds is 6. The van der Waals surface area contributed by atoms with Gasteiger partial charge in [-0.25, -0.2) is 0 Å². The normalized spacial score (nSPS) is 15.7. The van der Waals surface area contributed by atoms with Crippen molar-refractivity contribution in [2.45, 2.75) is 38.0 Å². The maximum Gasteiger partial charge on any atom is 0.392 e. The SMILES string of the molecule is FC(F)(F)CCOc1ccncc1CNC1CC1. The lowest BCUT2D eigenvalue weighted by Crippen LogP contribution is -2.17.